The summed E-state index contributed by atoms with van der Waals surface area (Å²) in [5.74, 6) is 0.101. The first-order chi connectivity index (χ1) is 7.25. The second kappa shape index (κ2) is 6.80. The summed E-state index contributed by atoms with van der Waals surface area (Å²) in [6, 6.07) is -0.258. The Morgan fingerprint density at radius 1 is 1.47 bits per heavy atom. The van der Waals surface area contributed by atoms with Crippen molar-refractivity contribution in [2.24, 2.45) is 5.73 Å². The predicted octanol–water partition coefficient (Wildman–Crippen LogP) is 0.753. The molecule has 1 fully saturated rings. The van der Waals surface area contributed by atoms with E-state index in [9.17, 15) is 4.79 Å². The molecule has 4 heteroatoms. The summed E-state index contributed by atoms with van der Waals surface area (Å²) in [5.41, 5.74) is 5.62. The molecule has 1 saturated heterocycles. The zero-order valence-electron chi connectivity index (χ0n) is 9.58. The van der Waals surface area contributed by atoms with E-state index >= 15 is 0 Å². The van der Waals surface area contributed by atoms with Gasteiger partial charge in [-0.05, 0) is 19.3 Å². The Morgan fingerprint density at radius 2 is 2.20 bits per heavy atom. The van der Waals surface area contributed by atoms with Crippen molar-refractivity contribution >= 4 is 5.91 Å². The van der Waals surface area contributed by atoms with E-state index in [0.717, 1.165) is 45.6 Å². The molecule has 0 aromatic heterocycles. The smallest absolute Gasteiger partial charge is 0.239 e. The summed E-state index contributed by atoms with van der Waals surface area (Å²) in [6.45, 7) is 5.34. The number of nitrogens with zero attached hydrogens (tertiary/aromatic N) is 1. The van der Waals surface area contributed by atoms with Gasteiger partial charge >= 0.3 is 0 Å². The van der Waals surface area contributed by atoms with Gasteiger partial charge < -0.3 is 15.4 Å². The van der Waals surface area contributed by atoms with Crippen molar-refractivity contribution in [3.05, 3.63) is 0 Å². The van der Waals surface area contributed by atoms with Crippen molar-refractivity contribution in [3.63, 3.8) is 0 Å². The minimum absolute atomic E-state index is 0.101. The van der Waals surface area contributed by atoms with E-state index in [1.54, 1.807) is 0 Å². The molecule has 1 amide bonds. The lowest BCUT2D eigenvalue weighted by Crippen LogP contribution is -2.34. The number of hydrogen-bond donors (Lipinski definition) is 1. The minimum atomic E-state index is -0.258. The van der Waals surface area contributed by atoms with E-state index in [1.807, 2.05) is 4.90 Å². The van der Waals surface area contributed by atoms with Gasteiger partial charge in [0, 0.05) is 26.3 Å². The first kappa shape index (κ1) is 12.5. The molecule has 0 spiro atoms. The average molecular weight is 214 g/mol. The van der Waals surface area contributed by atoms with Crippen LogP contribution >= 0.6 is 0 Å². The SMILES string of the molecule is CCCCOCCCN1CC[C@@H](N)C1=O. The number of ether oxygens (including phenoxy) is 1. The summed E-state index contributed by atoms with van der Waals surface area (Å²) in [6.07, 6.45) is 4.00. The van der Waals surface area contributed by atoms with Gasteiger partial charge in [-0.2, -0.15) is 0 Å². The fourth-order valence-corrected chi connectivity index (χ4v) is 1.69. The van der Waals surface area contributed by atoms with Gasteiger partial charge in [0.15, 0.2) is 0 Å². The molecule has 0 aromatic carbocycles. The van der Waals surface area contributed by atoms with Crippen LogP contribution in [0, 0.1) is 0 Å². The van der Waals surface area contributed by atoms with Gasteiger partial charge in [-0.15, -0.1) is 0 Å². The Kier molecular flexibility index (Phi) is 5.65. The number of carbonyl (C=O) groups excluding carboxylic acids is 1. The van der Waals surface area contributed by atoms with E-state index in [0.29, 0.717) is 0 Å². The molecule has 0 bridgehead atoms. The van der Waals surface area contributed by atoms with Crippen molar-refractivity contribution in [1.29, 1.82) is 0 Å². The Bertz CT molecular complexity index is 197. The van der Waals surface area contributed by atoms with Gasteiger partial charge in [-0.25, -0.2) is 0 Å². The third-order valence-electron chi connectivity index (χ3n) is 2.70. The van der Waals surface area contributed by atoms with Gasteiger partial charge in [0.25, 0.3) is 0 Å². The number of likely N-dealkylation sites (tertiary alicyclic amines) is 1. The molecule has 15 heavy (non-hydrogen) atoms. The van der Waals surface area contributed by atoms with Crippen LogP contribution in [0.2, 0.25) is 0 Å². The largest absolute Gasteiger partial charge is 0.381 e. The van der Waals surface area contributed by atoms with Gasteiger partial charge in [0.1, 0.15) is 0 Å². The zero-order valence-corrected chi connectivity index (χ0v) is 9.58. The van der Waals surface area contributed by atoms with Crippen molar-refractivity contribution in [3.8, 4) is 0 Å². The number of nitrogens with two attached hydrogens (primary N) is 1. The highest BCUT2D eigenvalue weighted by atomic mass is 16.5. The molecule has 88 valence electrons. The molecule has 1 aliphatic rings. The van der Waals surface area contributed by atoms with Crippen LogP contribution in [-0.2, 0) is 9.53 Å². The molecule has 0 saturated carbocycles. The molecule has 1 heterocycles. The third kappa shape index (κ3) is 4.18. The first-order valence-corrected chi connectivity index (χ1v) is 5.87. The second-order valence-electron chi connectivity index (χ2n) is 4.04. The van der Waals surface area contributed by atoms with Crippen LogP contribution < -0.4 is 5.73 Å². The molecular weight excluding hydrogens is 192 g/mol. The summed E-state index contributed by atoms with van der Waals surface area (Å²) in [7, 11) is 0. The third-order valence-corrected chi connectivity index (χ3v) is 2.70. The maximum atomic E-state index is 11.4. The highest BCUT2D eigenvalue weighted by Crippen LogP contribution is 2.09. The second-order valence-corrected chi connectivity index (χ2v) is 4.04. The maximum Gasteiger partial charge on any atom is 0.239 e. The first-order valence-electron chi connectivity index (χ1n) is 5.87. The van der Waals surface area contributed by atoms with Gasteiger partial charge in [0.05, 0.1) is 6.04 Å². The monoisotopic (exact) mass is 214 g/mol. The van der Waals surface area contributed by atoms with Crippen molar-refractivity contribution < 1.29 is 9.53 Å². The quantitative estimate of drug-likeness (QED) is 0.636. The van der Waals surface area contributed by atoms with E-state index in [2.05, 4.69) is 6.92 Å². The van der Waals surface area contributed by atoms with Crippen LogP contribution in [0.5, 0.6) is 0 Å². The topological polar surface area (TPSA) is 55.6 Å². The highest BCUT2D eigenvalue weighted by Gasteiger charge is 2.27. The Hall–Kier alpha value is -0.610. The summed E-state index contributed by atoms with van der Waals surface area (Å²) in [4.78, 5) is 13.3. The van der Waals surface area contributed by atoms with Crippen LogP contribution in [0.4, 0.5) is 0 Å². The standard InChI is InChI=1S/C11H22N2O2/c1-2-3-8-15-9-4-6-13-7-5-10(12)11(13)14/h10H,2-9,12H2,1H3/t10-/m1/s1. The molecule has 2 N–H and O–H groups in total. The van der Waals surface area contributed by atoms with E-state index in [1.165, 1.54) is 6.42 Å². The Labute approximate surface area is 91.8 Å². The number of amides is 1. The molecular formula is C11H22N2O2. The predicted molar refractivity (Wildman–Crippen MR) is 59.5 cm³/mol. The minimum Gasteiger partial charge on any atom is -0.381 e. The van der Waals surface area contributed by atoms with Crippen LogP contribution in [0.3, 0.4) is 0 Å². The van der Waals surface area contributed by atoms with Crippen LogP contribution in [0.1, 0.15) is 32.6 Å². The number of carbonyl (C=O) groups is 1. The fourth-order valence-electron chi connectivity index (χ4n) is 1.69. The highest BCUT2D eigenvalue weighted by molar-refractivity contribution is 5.83. The molecule has 1 aliphatic heterocycles. The maximum absolute atomic E-state index is 11.4. The lowest BCUT2D eigenvalue weighted by molar-refractivity contribution is -0.128. The van der Waals surface area contributed by atoms with Crippen LogP contribution in [0.25, 0.3) is 0 Å². The zero-order chi connectivity index (χ0) is 11.1. The summed E-state index contributed by atoms with van der Waals surface area (Å²) in [5, 5.41) is 0. The number of rotatable bonds is 7. The molecule has 0 radical (unpaired) electrons. The number of hydrogen-bond acceptors (Lipinski definition) is 3. The van der Waals surface area contributed by atoms with Gasteiger partial charge in [0.2, 0.25) is 5.91 Å². The molecule has 0 aromatic rings. The molecule has 1 rings (SSSR count). The van der Waals surface area contributed by atoms with Gasteiger partial charge in [-0.1, -0.05) is 13.3 Å². The molecule has 0 unspecified atom stereocenters. The molecule has 0 aliphatic carbocycles. The van der Waals surface area contributed by atoms with E-state index in [-0.39, 0.29) is 11.9 Å². The van der Waals surface area contributed by atoms with Crippen LogP contribution in [0.15, 0.2) is 0 Å². The van der Waals surface area contributed by atoms with E-state index < -0.39 is 0 Å². The van der Waals surface area contributed by atoms with Gasteiger partial charge in [-0.3, -0.25) is 4.79 Å². The fraction of sp³-hybridized carbons (Fsp3) is 0.909. The van der Waals surface area contributed by atoms with Crippen molar-refractivity contribution in [2.45, 2.75) is 38.6 Å². The van der Waals surface area contributed by atoms with Crippen molar-refractivity contribution in [2.75, 3.05) is 26.3 Å². The molecule has 4 nitrogen and oxygen atoms in total. The summed E-state index contributed by atoms with van der Waals surface area (Å²) < 4.78 is 5.43. The van der Waals surface area contributed by atoms with E-state index in [4.69, 9.17) is 10.5 Å². The normalized spacial score (nSPS) is 21.3. The lowest BCUT2D eigenvalue weighted by Gasteiger charge is -2.15. The molecule has 1 atom stereocenters. The lowest BCUT2D eigenvalue weighted by atomic mass is 10.3. The number of unbranched alkanes of at least 4 members (excludes halogenated alkanes) is 1. The Morgan fingerprint density at radius 3 is 2.80 bits per heavy atom. The average Bonchev–Trinajstić information content (AvgIpc) is 2.54. The Balaban J connectivity index is 1.98. The van der Waals surface area contributed by atoms with Crippen LogP contribution in [-0.4, -0.2) is 43.2 Å². The summed E-state index contributed by atoms with van der Waals surface area (Å²) >= 11 is 0. The van der Waals surface area contributed by atoms with Crippen molar-refractivity contribution in [1.82, 2.24) is 4.90 Å².